The molecule has 98 valence electrons. The summed E-state index contributed by atoms with van der Waals surface area (Å²) in [4.78, 5) is 10.3. The van der Waals surface area contributed by atoms with Crippen LogP contribution in [0.15, 0.2) is 46.9 Å². The molecule has 19 heavy (non-hydrogen) atoms. The summed E-state index contributed by atoms with van der Waals surface area (Å²) in [5.41, 5.74) is 0.662. The van der Waals surface area contributed by atoms with Gasteiger partial charge in [-0.1, -0.05) is 18.2 Å². The van der Waals surface area contributed by atoms with E-state index in [0.29, 0.717) is 15.8 Å². The molecule has 1 N–H and O–H groups in total. The number of aromatic hydroxyl groups is 1. The third-order valence-electron chi connectivity index (χ3n) is 2.47. The van der Waals surface area contributed by atoms with Crippen LogP contribution < -0.4 is 4.74 Å². The van der Waals surface area contributed by atoms with E-state index in [1.807, 2.05) is 0 Å². The Labute approximate surface area is 117 Å². The van der Waals surface area contributed by atoms with Crippen molar-refractivity contribution in [3.05, 3.63) is 62.6 Å². The standard InChI is InChI=1S/C13H10BrNO4/c14-13-9(3-1-6-12(13)15(17)18)8-19-11-5-2-4-10(16)7-11/h1-7,16H,8H2. The molecule has 0 saturated carbocycles. The molecule has 0 fully saturated rings. The number of nitro benzene ring substituents is 1. The molecule has 0 bridgehead atoms. The first-order valence-corrected chi connectivity index (χ1v) is 6.21. The van der Waals surface area contributed by atoms with E-state index in [-0.39, 0.29) is 18.0 Å². The Balaban J connectivity index is 2.16. The number of hydrogen-bond acceptors (Lipinski definition) is 4. The fourth-order valence-electron chi connectivity index (χ4n) is 1.55. The van der Waals surface area contributed by atoms with Crippen LogP contribution in [0.5, 0.6) is 11.5 Å². The average molecular weight is 324 g/mol. The van der Waals surface area contributed by atoms with E-state index in [1.54, 1.807) is 24.3 Å². The first kappa shape index (κ1) is 13.4. The van der Waals surface area contributed by atoms with Crippen molar-refractivity contribution in [2.24, 2.45) is 0 Å². The number of benzene rings is 2. The molecule has 0 saturated heterocycles. The molecule has 0 radical (unpaired) electrons. The topological polar surface area (TPSA) is 72.6 Å². The number of halogens is 1. The Bertz CT molecular complexity index is 615. The van der Waals surface area contributed by atoms with Gasteiger partial charge >= 0.3 is 0 Å². The maximum atomic E-state index is 10.8. The molecule has 0 aromatic heterocycles. The zero-order valence-electron chi connectivity index (χ0n) is 9.75. The second kappa shape index (κ2) is 5.71. The summed E-state index contributed by atoms with van der Waals surface area (Å²) >= 11 is 3.20. The largest absolute Gasteiger partial charge is 0.508 e. The van der Waals surface area contributed by atoms with Crippen molar-refractivity contribution < 1.29 is 14.8 Å². The van der Waals surface area contributed by atoms with E-state index in [1.165, 1.54) is 18.2 Å². The van der Waals surface area contributed by atoms with Gasteiger partial charge in [-0.05, 0) is 28.1 Å². The highest BCUT2D eigenvalue weighted by molar-refractivity contribution is 9.10. The fraction of sp³-hybridized carbons (Fsp3) is 0.0769. The molecule has 5 nitrogen and oxygen atoms in total. The normalized spacial score (nSPS) is 10.2. The summed E-state index contributed by atoms with van der Waals surface area (Å²) in [5, 5.41) is 20.1. The first-order valence-electron chi connectivity index (χ1n) is 5.41. The molecule has 2 rings (SSSR count). The number of rotatable bonds is 4. The summed E-state index contributed by atoms with van der Waals surface area (Å²) in [6, 6.07) is 11.1. The monoisotopic (exact) mass is 323 g/mol. The number of nitrogens with zero attached hydrogens (tertiary/aromatic N) is 1. The van der Waals surface area contributed by atoms with Crippen molar-refractivity contribution in [2.75, 3.05) is 0 Å². The van der Waals surface area contributed by atoms with E-state index in [4.69, 9.17) is 4.74 Å². The van der Waals surface area contributed by atoms with Crippen molar-refractivity contribution in [1.82, 2.24) is 0 Å². The van der Waals surface area contributed by atoms with Crippen LogP contribution in [0, 0.1) is 10.1 Å². The Hall–Kier alpha value is -2.08. The highest BCUT2D eigenvalue weighted by Crippen LogP contribution is 2.29. The Morgan fingerprint density at radius 1 is 1.26 bits per heavy atom. The SMILES string of the molecule is O=[N+]([O-])c1cccc(COc2cccc(O)c2)c1Br. The first-order chi connectivity index (χ1) is 9.08. The van der Waals surface area contributed by atoms with Gasteiger partial charge in [-0.3, -0.25) is 10.1 Å². The van der Waals surface area contributed by atoms with E-state index in [9.17, 15) is 15.2 Å². The lowest BCUT2D eigenvalue weighted by Gasteiger charge is -2.08. The number of ether oxygens (including phenoxy) is 1. The van der Waals surface area contributed by atoms with E-state index in [0.717, 1.165) is 0 Å². The molecule has 0 unspecified atom stereocenters. The summed E-state index contributed by atoms with van der Waals surface area (Å²) in [5.74, 6) is 0.606. The fourth-order valence-corrected chi connectivity index (χ4v) is 2.08. The van der Waals surface area contributed by atoms with Crippen LogP contribution in [0.2, 0.25) is 0 Å². The average Bonchev–Trinajstić information content (AvgIpc) is 2.37. The predicted octanol–water partition coefficient (Wildman–Crippen LogP) is 3.64. The lowest BCUT2D eigenvalue weighted by atomic mass is 10.2. The van der Waals surface area contributed by atoms with Gasteiger partial charge in [0.05, 0.1) is 4.92 Å². The summed E-state index contributed by atoms with van der Waals surface area (Å²) in [6.07, 6.45) is 0. The predicted molar refractivity (Wildman–Crippen MR) is 73.2 cm³/mol. The van der Waals surface area contributed by atoms with Crippen molar-refractivity contribution in [1.29, 1.82) is 0 Å². The quantitative estimate of drug-likeness (QED) is 0.688. The van der Waals surface area contributed by atoms with Crippen molar-refractivity contribution in [2.45, 2.75) is 6.61 Å². The van der Waals surface area contributed by atoms with E-state index in [2.05, 4.69) is 15.9 Å². The molecule has 0 heterocycles. The van der Waals surface area contributed by atoms with Crippen LogP contribution in [-0.4, -0.2) is 10.0 Å². The highest BCUT2D eigenvalue weighted by Gasteiger charge is 2.14. The van der Waals surface area contributed by atoms with E-state index < -0.39 is 4.92 Å². The Morgan fingerprint density at radius 2 is 2.00 bits per heavy atom. The van der Waals surface area contributed by atoms with Gasteiger partial charge < -0.3 is 9.84 Å². The highest BCUT2D eigenvalue weighted by atomic mass is 79.9. The van der Waals surface area contributed by atoms with Gasteiger partial charge in [0.25, 0.3) is 5.69 Å². The summed E-state index contributed by atoms with van der Waals surface area (Å²) in [6.45, 7) is 0.172. The third-order valence-corrected chi connectivity index (χ3v) is 3.38. The smallest absolute Gasteiger partial charge is 0.283 e. The van der Waals surface area contributed by atoms with Gasteiger partial charge in [0, 0.05) is 17.7 Å². The molecular weight excluding hydrogens is 314 g/mol. The summed E-state index contributed by atoms with van der Waals surface area (Å²) < 4.78 is 5.88. The van der Waals surface area contributed by atoms with Crippen molar-refractivity contribution >= 4 is 21.6 Å². The van der Waals surface area contributed by atoms with E-state index >= 15 is 0 Å². The molecule has 0 aliphatic rings. The summed E-state index contributed by atoms with van der Waals surface area (Å²) in [7, 11) is 0. The molecular formula is C13H10BrNO4. The molecule has 0 amide bonds. The van der Waals surface area contributed by atoms with Crippen LogP contribution in [-0.2, 0) is 6.61 Å². The maximum Gasteiger partial charge on any atom is 0.283 e. The zero-order chi connectivity index (χ0) is 13.8. The third kappa shape index (κ3) is 3.23. The Kier molecular flexibility index (Phi) is 4.01. The van der Waals surface area contributed by atoms with Crippen LogP contribution in [0.25, 0.3) is 0 Å². The van der Waals surface area contributed by atoms with Gasteiger partial charge in [-0.25, -0.2) is 0 Å². The lowest BCUT2D eigenvalue weighted by molar-refractivity contribution is -0.385. The molecule has 0 aliphatic carbocycles. The number of phenolic OH excluding ortho intramolecular Hbond substituents is 1. The van der Waals surface area contributed by atoms with Crippen molar-refractivity contribution in [3.8, 4) is 11.5 Å². The second-order valence-corrected chi connectivity index (χ2v) is 4.59. The van der Waals surface area contributed by atoms with Gasteiger partial charge in [0.1, 0.15) is 22.6 Å². The lowest BCUT2D eigenvalue weighted by Crippen LogP contribution is -1.99. The number of phenols is 1. The zero-order valence-corrected chi connectivity index (χ0v) is 11.3. The second-order valence-electron chi connectivity index (χ2n) is 3.79. The minimum atomic E-state index is -0.456. The molecule has 2 aromatic carbocycles. The number of nitro groups is 1. The van der Waals surface area contributed by atoms with Gasteiger partial charge in [0.15, 0.2) is 0 Å². The van der Waals surface area contributed by atoms with Gasteiger partial charge in [-0.2, -0.15) is 0 Å². The van der Waals surface area contributed by atoms with Crippen LogP contribution in [0.1, 0.15) is 5.56 Å². The molecule has 2 aromatic rings. The Morgan fingerprint density at radius 3 is 2.68 bits per heavy atom. The maximum absolute atomic E-state index is 10.8. The van der Waals surface area contributed by atoms with Crippen molar-refractivity contribution in [3.63, 3.8) is 0 Å². The van der Waals surface area contributed by atoms with Crippen LogP contribution in [0.4, 0.5) is 5.69 Å². The van der Waals surface area contributed by atoms with Crippen LogP contribution >= 0.6 is 15.9 Å². The molecule has 0 aliphatic heterocycles. The molecule has 0 atom stereocenters. The molecule has 6 heteroatoms. The minimum absolute atomic E-state index is 0.00277. The van der Waals surface area contributed by atoms with Crippen LogP contribution in [0.3, 0.4) is 0 Å². The molecule has 0 spiro atoms. The van der Waals surface area contributed by atoms with Gasteiger partial charge in [-0.15, -0.1) is 0 Å². The number of hydrogen-bond donors (Lipinski definition) is 1. The minimum Gasteiger partial charge on any atom is -0.508 e. The van der Waals surface area contributed by atoms with Gasteiger partial charge in [0.2, 0.25) is 0 Å².